The highest BCUT2D eigenvalue weighted by Crippen LogP contribution is 2.25. The fraction of sp³-hybridized carbons (Fsp3) is 0.417. The van der Waals surface area contributed by atoms with Crippen LogP contribution >= 0.6 is 15.9 Å². The van der Waals surface area contributed by atoms with Crippen molar-refractivity contribution in [2.45, 2.75) is 13.0 Å². The number of ether oxygens (including phenoxy) is 1. The van der Waals surface area contributed by atoms with E-state index in [0.29, 0.717) is 13.2 Å². The third kappa shape index (κ3) is 2.79. The molecule has 1 aromatic rings. The van der Waals surface area contributed by atoms with Crippen LogP contribution in [-0.2, 0) is 9.53 Å². The van der Waals surface area contributed by atoms with E-state index in [9.17, 15) is 4.79 Å². The minimum absolute atomic E-state index is 0.401. The molecule has 17 heavy (non-hydrogen) atoms. The van der Waals surface area contributed by atoms with Gasteiger partial charge in [-0.3, -0.25) is 0 Å². The number of carboxylic acid groups (broad SMARTS) is 1. The molecule has 1 aromatic carbocycles. The molecule has 0 bridgehead atoms. The van der Waals surface area contributed by atoms with E-state index in [1.807, 2.05) is 25.1 Å². The van der Waals surface area contributed by atoms with Crippen molar-refractivity contribution < 1.29 is 14.6 Å². The fourth-order valence-corrected chi connectivity index (χ4v) is 2.47. The molecule has 1 N–H and O–H groups in total. The van der Waals surface area contributed by atoms with Crippen LogP contribution in [0.5, 0.6) is 0 Å². The third-order valence-electron chi connectivity index (χ3n) is 2.84. The molecule has 0 spiro atoms. The van der Waals surface area contributed by atoms with Gasteiger partial charge >= 0.3 is 5.97 Å². The van der Waals surface area contributed by atoms with E-state index >= 15 is 0 Å². The molecule has 0 aliphatic carbocycles. The van der Waals surface area contributed by atoms with Crippen molar-refractivity contribution in [3.63, 3.8) is 0 Å². The molecule has 0 amide bonds. The van der Waals surface area contributed by atoms with Gasteiger partial charge in [-0.2, -0.15) is 0 Å². The monoisotopic (exact) mass is 299 g/mol. The quantitative estimate of drug-likeness (QED) is 0.908. The summed E-state index contributed by atoms with van der Waals surface area (Å²) in [6.07, 6.45) is -0.730. The zero-order valence-electron chi connectivity index (χ0n) is 9.52. The number of aliphatic carboxylic acids is 1. The first-order valence-corrected chi connectivity index (χ1v) is 6.23. The van der Waals surface area contributed by atoms with Crippen molar-refractivity contribution in [1.29, 1.82) is 0 Å². The minimum Gasteiger partial charge on any atom is -0.479 e. The van der Waals surface area contributed by atoms with E-state index in [-0.39, 0.29) is 0 Å². The fourth-order valence-electron chi connectivity index (χ4n) is 1.99. The molecule has 0 radical (unpaired) electrons. The highest BCUT2D eigenvalue weighted by Gasteiger charge is 2.26. The van der Waals surface area contributed by atoms with Crippen LogP contribution in [0.15, 0.2) is 22.7 Å². The number of rotatable bonds is 2. The molecule has 1 saturated heterocycles. The van der Waals surface area contributed by atoms with Crippen LogP contribution in [0.1, 0.15) is 5.56 Å². The molecular weight excluding hydrogens is 286 g/mol. The molecule has 1 atom stereocenters. The predicted molar refractivity (Wildman–Crippen MR) is 68.5 cm³/mol. The zero-order chi connectivity index (χ0) is 12.4. The van der Waals surface area contributed by atoms with Crippen molar-refractivity contribution in [2.75, 3.05) is 24.6 Å². The predicted octanol–water partition coefficient (Wildman–Crippen LogP) is 2.05. The molecule has 4 nitrogen and oxygen atoms in total. The number of nitrogens with zero attached hydrogens (tertiary/aromatic N) is 1. The van der Waals surface area contributed by atoms with Crippen molar-refractivity contribution in [3.8, 4) is 0 Å². The van der Waals surface area contributed by atoms with Gasteiger partial charge in [0.2, 0.25) is 0 Å². The Morgan fingerprint density at radius 2 is 2.35 bits per heavy atom. The summed E-state index contributed by atoms with van der Waals surface area (Å²) in [4.78, 5) is 13.0. The first-order valence-electron chi connectivity index (χ1n) is 5.43. The summed E-state index contributed by atoms with van der Waals surface area (Å²) < 4.78 is 6.23. The molecule has 1 fully saturated rings. The number of hydrogen-bond acceptors (Lipinski definition) is 3. The largest absolute Gasteiger partial charge is 0.479 e. The van der Waals surface area contributed by atoms with Gasteiger partial charge in [-0.25, -0.2) is 4.79 Å². The summed E-state index contributed by atoms with van der Waals surface area (Å²) in [5, 5.41) is 8.96. The summed E-state index contributed by atoms with van der Waals surface area (Å²) in [5.41, 5.74) is 2.20. The van der Waals surface area contributed by atoms with E-state index in [1.54, 1.807) is 0 Å². The summed E-state index contributed by atoms with van der Waals surface area (Å²) in [6, 6.07) is 6.00. The number of carboxylic acids is 1. The summed E-state index contributed by atoms with van der Waals surface area (Å²) >= 11 is 3.42. The van der Waals surface area contributed by atoms with Gasteiger partial charge < -0.3 is 14.7 Å². The topological polar surface area (TPSA) is 49.8 Å². The van der Waals surface area contributed by atoms with Gasteiger partial charge in [-0.05, 0) is 30.7 Å². The molecule has 92 valence electrons. The van der Waals surface area contributed by atoms with Gasteiger partial charge in [-0.1, -0.05) is 15.9 Å². The van der Waals surface area contributed by atoms with E-state index in [0.717, 1.165) is 22.3 Å². The van der Waals surface area contributed by atoms with E-state index in [1.165, 1.54) is 0 Å². The first kappa shape index (κ1) is 12.4. The lowest BCUT2D eigenvalue weighted by Gasteiger charge is -2.33. The molecule has 2 rings (SSSR count). The van der Waals surface area contributed by atoms with Crippen LogP contribution in [0, 0.1) is 6.92 Å². The molecule has 1 unspecified atom stereocenters. The molecule has 1 aliphatic heterocycles. The van der Waals surface area contributed by atoms with Crippen molar-refractivity contribution in [3.05, 3.63) is 28.2 Å². The summed E-state index contributed by atoms with van der Waals surface area (Å²) in [5.74, 6) is -0.899. The van der Waals surface area contributed by atoms with Crippen LogP contribution in [0.25, 0.3) is 0 Å². The highest BCUT2D eigenvalue weighted by atomic mass is 79.9. The van der Waals surface area contributed by atoms with Crippen molar-refractivity contribution in [2.24, 2.45) is 0 Å². The van der Waals surface area contributed by atoms with Crippen molar-refractivity contribution >= 4 is 27.6 Å². The Morgan fingerprint density at radius 1 is 1.59 bits per heavy atom. The number of aryl methyl sites for hydroxylation is 1. The number of morpholine rings is 1. The summed E-state index contributed by atoms with van der Waals surface area (Å²) in [7, 11) is 0. The smallest absolute Gasteiger partial charge is 0.334 e. The number of benzene rings is 1. The normalized spacial score (nSPS) is 20.4. The lowest BCUT2D eigenvalue weighted by Crippen LogP contribution is -2.46. The van der Waals surface area contributed by atoms with Crippen LogP contribution in [0.4, 0.5) is 5.69 Å². The second-order valence-electron chi connectivity index (χ2n) is 4.07. The van der Waals surface area contributed by atoms with Gasteiger partial charge in [0.15, 0.2) is 6.10 Å². The number of anilines is 1. The first-order chi connectivity index (χ1) is 8.08. The molecule has 0 aromatic heterocycles. The van der Waals surface area contributed by atoms with Crippen LogP contribution < -0.4 is 4.90 Å². The maximum Gasteiger partial charge on any atom is 0.334 e. The molecule has 0 saturated carbocycles. The van der Waals surface area contributed by atoms with E-state index in [4.69, 9.17) is 9.84 Å². The minimum atomic E-state index is -0.899. The third-order valence-corrected chi connectivity index (χ3v) is 3.33. The average Bonchev–Trinajstić information content (AvgIpc) is 2.29. The second kappa shape index (κ2) is 5.06. The van der Waals surface area contributed by atoms with Gasteiger partial charge in [0.25, 0.3) is 0 Å². The maximum atomic E-state index is 10.9. The number of hydrogen-bond donors (Lipinski definition) is 1. The van der Waals surface area contributed by atoms with Gasteiger partial charge in [0, 0.05) is 16.7 Å². The Bertz CT molecular complexity index is 436. The van der Waals surface area contributed by atoms with Crippen LogP contribution in [0.2, 0.25) is 0 Å². The Morgan fingerprint density at radius 3 is 3.00 bits per heavy atom. The maximum absolute atomic E-state index is 10.9. The van der Waals surface area contributed by atoms with E-state index in [2.05, 4.69) is 20.8 Å². The van der Waals surface area contributed by atoms with Gasteiger partial charge in [0.05, 0.1) is 13.2 Å². The summed E-state index contributed by atoms with van der Waals surface area (Å²) in [6.45, 7) is 3.60. The Labute approximate surface area is 108 Å². The Hall–Kier alpha value is -1.07. The Balaban J connectivity index is 2.19. The van der Waals surface area contributed by atoms with Crippen LogP contribution in [-0.4, -0.2) is 36.9 Å². The van der Waals surface area contributed by atoms with Gasteiger partial charge in [0.1, 0.15) is 0 Å². The molecule has 1 heterocycles. The SMILES string of the molecule is Cc1cc(Br)ccc1N1CCOC(C(=O)O)C1. The number of halogens is 1. The number of carbonyl (C=O) groups is 1. The van der Waals surface area contributed by atoms with Crippen molar-refractivity contribution in [1.82, 2.24) is 0 Å². The highest BCUT2D eigenvalue weighted by molar-refractivity contribution is 9.10. The standard InChI is InChI=1S/C12H14BrNO3/c1-8-6-9(13)2-3-10(8)14-4-5-17-11(7-14)12(15)16/h2-3,6,11H,4-5,7H2,1H3,(H,15,16). The van der Waals surface area contributed by atoms with Gasteiger partial charge in [-0.15, -0.1) is 0 Å². The lowest BCUT2D eigenvalue weighted by atomic mass is 10.1. The van der Waals surface area contributed by atoms with E-state index < -0.39 is 12.1 Å². The lowest BCUT2D eigenvalue weighted by molar-refractivity contribution is -0.150. The molecule has 1 aliphatic rings. The zero-order valence-corrected chi connectivity index (χ0v) is 11.1. The molecule has 5 heteroatoms. The average molecular weight is 300 g/mol. The molecular formula is C12H14BrNO3. The second-order valence-corrected chi connectivity index (χ2v) is 4.99. The Kier molecular flexibility index (Phi) is 3.69. The van der Waals surface area contributed by atoms with Crippen LogP contribution in [0.3, 0.4) is 0 Å².